The van der Waals surface area contributed by atoms with Crippen LogP contribution in [0.2, 0.25) is 0 Å². The topological polar surface area (TPSA) is 46.2 Å². The van der Waals surface area contributed by atoms with Crippen LogP contribution in [0.4, 0.5) is 8.78 Å². The molecule has 0 amide bonds. The van der Waals surface area contributed by atoms with Crippen LogP contribution in [0.1, 0.15) is 31.2 Å². The summed E-state index contributed by atoms with van der Waals surface area (Å²) in [6.45, 7) is 1.72. The predicted molar refractivity (Wildman–Crippen MR) is 59.1 cm³/mol. The van der Waals surface area contributed by atoms with Gasteiger partial charge in [-0.3, -0.25) is 0 Å². The molecule has 4 heteroatoms. The highest BCUT2D eigenvalue weighted by Crippen LogP contribution is 2.28. The van der Waals surface area contributed by atoms with E-state index in [9.17, 15) is 8.78 Å². The zero-order valence-electron chi connectivity index (χ0n) is 9.29. The van der Waals surface area contributed by atoms with Gasteiger partial charge in [0.2, 0.25) is 0 Å². The molecule has 1 aromatic rings. The Morgan fingerprint density at radius 3 is 2.31 bits per heavy atom. The van der Waals surface area contributed by atoms with Crippen molar-refractivity contribution in [1.82, 2.24) is 0 Å². The zero-order valence-corrected chi connectivity index (χ0v) is 9.29. The molecule has 1 aromatic carbocycles. The summed E-state index contributed by atoms with van der Waals surface area (Å²) in [5.41, 5.74) is 5.82. The van der Waals surface area contributed by atoms with E-state index >= 15 is 0 Å². The summed E-state index contributed by atoms with van der Waals surface area (Å²) in [5.74, 6) is -1.67. The summed E-state index contributed by atoms with van der Waals surface area (Å²) in [5, 5.41) is 8.92. The third kappa shape index (κ3) is 2.77. The maximum atomic E-state index is 13.5. The molecule has 1 rings (SSSR count). The number of rotatable bonds is 5. The Morgan fingerprint density at radius 2 is 1.88 bits per heavy atom. The highest BCUT2D eigenvalue weighted by molar-refractivity contribution is 5.25. The van der Waals surface area contributed by atoms with E-state index in [0.29, 0.717) is 6.42 Å². The first-order valence-electron chi connectivity index (χ1n) is 5.42. The number of aliphatic hydroxyl groups excluding tert-OH is 1. The fourth-order valence-electron chi connectivity index (χ4n) is 1.86. The van der Waals surface area contributed by atoms with Gasteiger partial charge in [-0.1, -0.05) is 13.0 Å². The first-order valence-corrected chi connectivity index (χ1v) is 5.42. The van der Waals surface area contributed by atoms with E-state index in [-0.39, 0.29) is 24.6 Å². The van der Waals surface area contributed by atoms with Crippen LogP contribution in [-0.2, 0) is 0 Å². The molecule has 0 fully saturated rings. The summed E-state index contributed by atoms with van der Waals surface area (Å²) >= 11 is 0. The molecule has 2 unspecified atom stereocenters. The lowest BCUT2D eigenvalue weighted by Gasteiger charge is -2.23. The third-order valence-electron chi connectivity index (χ3n) is 2.80. The van der Waals surface area contributed by atoms with E-state index in [1.165, 1.54) is 18.2 Å². The van der Waals surface area contributed by atoms with Crippen molar-refractivity contribution in [3.05, 3.63) is 35.4 Å². The number of nitrogens with two attached hydrogens (primary N) is 1. The van der Waals surface area contributed by atoms with Gasteiger partial charge >= 0.3 is 0 Å². The maximum absolute atomic E-state index is 13.5. The molecule has 2 nitrogen and oxygen atoms in total. The lowest BCUT2D eigenvalue weighted by molar-refractivity contribution is 0.262. The van der Waals surface area contributed by atoms with Crippen molar-refractivity contribution < 1.29 is 13.9 Å². The van der Waals surface area contributed by atoms with E-state index in [4.69, 9.17) is 10.8 Å². The van der Waals surface area contributed by atoms with Gasteiger partial charge in [0.1, 0.15) is 11.6 Å². The van der Waals surface area contributed by atoms with Crippen molar-refractivity contribution in [2.24, 2.45) is 5.73 Å². The second-order valence-corrected chi connectivity index (χ2v) is 3.83. The molecule has 0 aliphatic heterocycles. The highest BCUT2D eigenvalue weighted by Gasteiger charge is 2.24. The lowest BCUT2D eigenvalue weighted by Crippen LogP contribution is -2.29. The second kappa shape index (κ2) is 5.92. The summed E-state index contributed by atoms with van der Waals surface area (Å²) in [7, 11) is 0. The molecule has 0 saturated heterocycles. The van der Waals surface area contributed by atoms with Crippen molar-refractivity contribution in [3.63, 3.8) is 0 Å². The van der Waals surface area contributed by atoms with Gasteiger partial charge in [0.15, 0.2) is 0 Å². The van der Waals surface area contributed by atoms with E-state index in [1.807, 2.05) is 6.92 Å². The molecule has 2 atom stereocenters. The molecule has 3 N–H and O–H groups in total. The average Bonchev–Trinajstić information content (AvgIpc) is 2.26. The van der Waals surface area contributed by atoms with Crippen LogP contribution in [0, 0.1) is 11.6 Å². The van der Waals surface area contributed by atoms with Gasteiger partial charge in [0, 0.05) is 24.1 Å². The third-order valence-corrected chi connectivity index (χ3v) is 2.80. The first kappa shape index (κ1) is 13.1. The molecule has 0 saturated carbocycles. The van der Waals surface area contributed by atoms with Gasteiger partial charge in [-0.25, -0.2) is 8.78 Å². The fourth-order valence-corrected chi connectivity index (χ4v) is 1.86. The summed E-state index contributed by atoms with van der Waals surface area (Å²) in [6, 6.07) is 3.40. The van der Waals surface area contributed by atoms with E-state index in [1.54, 1.807) is 0 Å². The van der Waals surface area contributed by atoms with Crippen LogP contribution in [0.5, 0.6) is 0 Å². The monoisotopic (exact) mass is 229 g/mol. The molecule has 0 aliphatic carbocycles. The minimum absolute atomic E-state index is 0.00843. The molecule has 0 aliphatic rings. The van der Waals surface area contributed by atoms with E-state index in [0.717, 1.165) is 0 Å². The Hall–Kier alpha value is -1.00. The molecule has 0 radical (unpaired) electrons. The van der Waals surface area contributed by atoms with Crippen LogP contribution in [0.15, 0.2) is 18.2 Å². The Morgan fingerprint density at radius 1 is 1.31 bits per heavy atom. The van der Waals surface area contributed by atoms with Crippen LogP contribution < -0.4 is 5.73 Å². The molecule has 16 heavy (non-hydrogen) atoms. The van der Waals surface area contributed by atoms with Crippen molar-refractivity contribution in [2.45, 2.75) is 31.7 Å². The number of hydrogen-bond donors (Lipinski definition) is 2. The van der Waals surface area contributed by atoms with Crippen molar-refractivity contribution in [1.29, 1.82) is 0 Å². The molecule has 90 valence electrons. The smallest absolute Gasteiger partial charge is 0.129 e. The largest absolute Gasteiger partial charge is 0.396 e. The Balaban J connectivity index is 3.09. The predicted octanol–water partition coefficient (Wildman–Crippen LogP) is 2.17. The van der Waals surface area contributed by atoms with E-state index in [2.05, 4.69) is 0 Å². The SMILES string of the molecule is CCC(N)C(CCO)c1c(F)cccc1F. The van der Waals surface area contributed by atoms with Gasteiger partial charge in [0.25, 0.3) is 0 Å². The molecular formula is C12H17F2NO. The van der Waals surface area contributed by atoms with Gasteiger partial charge in [-0.2, -0.15) is 0 Å². The van der Waals surface area contributed by atoms with Gasteiger partial charge in [-0.05, 0) is 25.0 Å². The Kier molecular flexibility index (Phi) is 4.83. The summed E-state index contributed by atoms with van der Waals surface area (Å²) < 4.78 is 27.1. The minimum Gasteiger partial charge on any atom is -0.396 e. The molecule has 0 aromatic heterocycles. The molecule has 0 bridgehead atoms. The molecule has 0 spiro atoms. The Bertz CT molecular complexity index is 324. The van der Waals surface area contributed by atoms with Crippen LogP contribution >= 0.6 is 0 Å². The van der Waals surface area contributed by atoms with Gasteiger partial charge in [-0.15, -0.1) is 0 Å². The van der Waals surface area contributed by atoms with Crippen molar-refractivity contribution >= 4 is 0 Å². The first-order chi connectivity index (χ1) is 7.61. The number of aliphatic hydroxyl groups is 1. The van der Waals surface area contributed by atoms with Crippen LogP contribution in [0.3, 0.4) is 0 Å². The Labute approximate surface area is 94.1 Å². The second-order valence-electron chi connectivity index (χ2n) is 3.83. The lowest BCUT2D eigenvalue weighted by atomic mass is 9.87. The van der Waals surface area contributed by atoms with Gasteiger partial charge < -0.3 is 10.8 Å². The summed E-state index contributed by atoms with van der Waals surface area (Å²) in [6.07, 6.45) is 0.880. The zero-order chi connectivity index (χ0) is 12.1. The maximum Gasteiger partial charge on any atom is 0.129 e. The normalized spacial score (nSPS) is 14.8. The van der Waals surface area contributed by atoms with Crippen LogP contribution in [0.25, 0.3) is 0 Å². The van der Waals surface area contributed by atoms with Crippen LogP contribution in [-0.4, -0.2) is 17.8 Å². The minimum atomic E-state index is -0.595. The van der Waals surface area contributed by atoms with E-state index < -0.39 is 17.6 Å². The molecular weight excluding hydrogens is 212 g/mol. The molecule has 0 heterocycles. The fraction of sp³-hybridized carbons (Fsp3) is 0.500. The standard InChI is InChI=1S/C12H17F2NO/c1-2-11(15)8(6-7-16)12-9(13)4-3-5-10(12)14/h3-5,8,11,16H,2,6-7,15H2,1H3. The average molecular weight is 229 g/mol. The quantitative estimate of drug-likeness (QED) is 0.812. The van der Waals surface area contributed by atoms with Gasteiger partial charge in [0.05, 0.1) is 0 Å². The number of hydrogen-bond acceptors (Lipinski definition) is 2. The van der Waals surface area contributed by atoms with Crippen molar-refractivity contribution in [2.75, 3.05) is 6.61 Å². The number of benzene rings is 1. The summed E-state index contributed by atoms with van der Waals surface area (Å²) in [4.78, 5) is 0. The van der Waals surface area contributed by atoms with Crippen molar-refractivity contribution in [3.8, 4) is 0 Å². The highest BCUT2D eigenvalue weighted by atomic mass is 19.1. The number of halogens is 2.